The molecule has 0 rings (SSSR count). The molecule has 0 saturated heterocycles. The molecule has 0 aliphatic rings. The van der Waals surface area contributed by atoms with E-state index in [-0.39, 0.29) is 39.4 Å². The minimum absolute atomic E-state index is 0. The van der Waals surface area contributed by atoms with Crippen molar-refractivity contribution in [2.45, 2.75) is 0 Å². The number of hydrogen-bond acceptors (Lipinski definition) is 7. The van der Waals surface area contributed by atoms with Gasteiger partial charge in [0.15, 0.2) is 0 Å². The average molecular weight is 365 g/mol. The summed E-state index contributed by atoms with van der Waals surface area (Å²) in [5.74, 6) is 0. The molecule has 1 radical (unpaired) electrons. The molecule has 0 aromatic carbocycles. The van der Waals surface area contributed by atoms with E-state index in [0.29, 0.717) is 0 Å². The van der Waals surface area contributed by atoms with Crippen molar-refractivity contribution in [1.29, 1.82) is 0 Å². The van der Waals surface area contributed by atoms with E-state index in [1.165, 1.54) is 0 Å². The minimum Gasteiger partial charge on any atom is -0.759 e. The van der Waals surface area contributed by atoms with Gasteiger partial charge in [0.1, 0.15) is 0 Å². The van der Waals surface area contributed by atoms with Crippen LogP contribution >= 0.6 is 0 Å². The smallest absolute Gasteiger partial charge is 0.759 e. The largest absolute Gasteiger partial charge is 2.00 e. The second-order valence-electron chi connectivity index (χ2n) is 0.836. The van der Waals surface area contributed by atoms with Gasteiger partial charge in [-0.25, -0.2) is 8.42 Å². The molecule has 0 aromatic rings. The maximum absolute atomic E-state index is 8.63. The first-order valence-electron chi connectivity index (χ1n) is 1.35. The van der Waals surface area contributed by atoms with Gasteiger partial charge >= 0.3 is 39.4 Å². The zero-order chi connectivity index (χ0) is 9.00. The van der Waals surface area contributed by atoms with Crippen molar-refractivity contribution >= 4 is 20.8 Å². The Kier molecular flexibility index (Phi) is 16.5. The Hall–Kier alpha value is 1.000. The third kappa shape index (κ3) is 1100. The predicted octanol–water partition coefficient (Wildman–Crippen LogP) is -2.34. The summed E-state index contributed by atoms with van der Waals surface area (Å²) in [6, 6.07) is 0. The second kappa shape index (κ2) is 8.59. The van der Waals surface area contributed by atoms with Crippen molar-refractivity contribution in [3.05, 3.63) is 0 Å². The molecule has 0 aromatic heterocycles. The van der Waals surface area contributed by atoms with Gasteiger partial charge in [-0.1, -0.05) is 0 Å². The van der Waals surface area contributed by atoms with E-state index < -0.39 is 20.8 Å². The maximum Gasteiger partial charge on any atom is 2.00 e. The molecule has 0 amide bonds. The average Bonchev–Trinajstić information content (AvgIpc) is 1.12. The van der Waals surface area contributed by atoms with Crippen LogP contribution in [0.2, 0.25) is 0 Å². The van der Waals surface area contributed by atoms with E-state index in [0.717, 1.165) is 0 Å². The SMILES string of the molecule is O=S(=O)([O-])O.O=S(=O)([O-])[O-].[Ag+].[Cu+2]. The maximum atomic E-state index is 8.63. The molecule has 0 atom stereocenters. The summed E-state index contributed by atoms with van der Waals surface area (Å²) in [6.45, 7) is 0. The van der Waals surface area contributed by atoms with E-state index in [2.05, 4.69) is 0 Å². The van der Waals surface area contributed by atoms with Crippen molar-refractivity contribution in [2.75, 3.05) is 0 Å². The van der Waals surface area contributed by atoms with Crippen LogP contribution in [0.15, 0.2) is 0 Å². The fourth-order valence-electron chi connectivity index (χ4n) is 0. The van der Waals surface area contributed by atoms with Crippen LogP contribution in [0, 0.1) is 0 Å². The van der Waals surface area contributed by atoms with Crippen molar-refractivity contribution in [3.8, 4) is 0 Å². The molecular weight excluding hydrogens is 364 g/mol. The summed E-state index contributed by atoms with van der Waals surface area (Å²) in [5.41, 5.74) is 0. The van der Waals surface area contributed by atoms with Crippen molar-refractivity contribution in [1.82, 2.24) is 0 Å². The van der Waals surface area contributed by atoms with E-state index >= 15 is 0 Å². The van der Waals surface area contributed by atoms with Gasteiger partial charge in [-0.2, -0.15) is 0 Å². The predicted molar refractivity (Wildman–Crippen MR) is 22.8 cm³/mol. The van der Waals surface area contributed by atoms with Crippen LogP contribution in [0.5, 0.6) is 0 Å². The van der Waals surface area contributed by atoms with E-state index in [9.17, 15) is 0 Å². The molecule has 0 aliphatic carbocycles. The Labute approximate surface area is 94.9 Å². The molecule has 0 spiro atoms. The molecule has 0 heterocycles. The fraction of sp³-hybridized carbons (Fsp3) is 0. The van der Waals surface area contributed by atoms with E-state index in [1.54, 1.807) is 0 Å². The zero-order valence-corrected chi connectivity index (χ0v) is 8.78. The minimum atomic E-state index is -5.17. The monoisotopic (exact) mass is 363 g/mol. The molecule has 12 heteroatoms. The van der Waals surface area contributed by atoms with Gasteiger partial charge in [0.2, 0.25) is 10.4 Å². The Morgan fingerprint density at radius 1 is 0.917 bits per heavy atom. The molecule has 0 fully saturated rings. The van der Waals surface area contributed by atoms with Gasteiger partial charge in [-0.3, -0.25) is 13.0 Å². The Balaban J connectivity index is -0.0000000457. The summed E-state index contributed by atoms with van der Waals surface area (Å²) in [5, 5.41) is 0. The third-order valence-electron chi connectivity index (χ3n) is 0. The number of rotatable bonds is 0. The van der Waals surface area contributed by atoms with Crippen molar-refractivity contribution in [3.63, 3.8) is 0 Å². The summed E-state index contributed by atoms with van der Waals surface area (Å²) in [6.07, 6.45) is 0. The molecule has 12 heavy (non-hydrogen) atoms. The topological polar surface area (TPSA) is 158 Å². The van der Waals surface area contributed by atoms with Crippen LogP contribution in [0.4, 0.5) is 0 Å². The molecule has 83 valence electrons. The Morgan fingerprint density at radius 2 is 0.917 bits per heavy atom. The normalized spacial score (nSPS) is 9.67. The second-order valence-corrected chi connectivity index (χ2v) is 2.51. The van der Waals surface area contributed by atoms with Gasteiger partial charge in [-0.15, -0.1) is 0 Å². The van der Waals surface area contributed by atoms with E-state index in [1.807, 2.05) is 0 Å². The van der Waals surface area contributed by atoms with Crippen LogP contribution in [-0.2, 0) is 60.2 Å². The van der Waals surface area contributed by atoms with Crippen LogP contribution in [-0.4, -0.2) is 35.0 Å². The summed E-state index contributed by atoms with van der Waals surface area (Å²) >= 11 is 0. The van der Waals surface area contributed by atoms with Crippen LogP contribution in [0.3, 0.4) is 0 Å². The van der Waals surface area contributed by atoms with E-state index in [4.69, 9.17) is 35.0 Å². The molecule has 0 unspecified atom stereocenters. The molecular formula is HAgCuO8S2. The van der Waals surface area contributed by atoms with Crippen LogP contribution < -0.4 is 0 Å². The summed E-state index contributed by atoms with van der Waals surface area (Å²) < 4.78 is 66.9. The molecule has 0 bridgehead atoms. The van der Waals surface area contributed by atoms with Crippen LogP contribution in [0.25, 0.3) is 0 Å². The molecule has 1 N–H and O–H groups in total. The molecule has 0 saturated carbocycles. The number of hydrogen-bond donors (Lipinski definition) is 1. The fourth-order valence-corrected chi connectivity index (χ4v) is 0. The first-order valence-corrected chi connectivity index (χ1v) is 4.05. The quantitative estimate of drug-likeness (QED) is 0.284. The first kappa shape index (κ1) is 23.1. The summed E-state index contributed by atoms with van der Waals surface area (Å²) in [4.78, 5) is 0. The first-order chi connectivity index (χ1) is 4.00. The Morgan fingerprint density at radius 3 is 0.917 bits per heavy atom. The van der Waals surface area contributed by atoms with Gasteiger partial charge < -0.3 is 13.7 Å². The molecule has 0 aliphatic heterocycles. The third-order valence-corrected chi connectivity index (χ3v) is 0. The standard InChI is InChI=1S/Ag.Cu.2H2O4S/c;;2*1-5(2,3)4/h;;2*(H2,1,2,3,4)/q+1;+2;;/p-3. The van der Waals surface area contributed by atoms with Gasteiger partial charge in [-0.05, 0) is 0 Å². The summed E-state index contributed by atoms with van der Waals surface area (Å²) in [7, 11) is -10.1. The Bertz CT molecular complexity index is 213. The van der Waals surface area contributed by atoms with Gasteiger partial charge in [0.05, 0.1) is 0 Å². The van der Waals surface area contributed by atoms with Crippen molar-refractivity contribution in [2.24, 2.45) is 0 Å². The van der Waals surface area contributed by atoms with Crippen molar-refractivity contribution < 1.29 is 74.5 Å². The zero-order valence-electron chi connectivity index (χ0n) is 4.72. The van der Waals surface area contributed by atoms with Gasteiger partial charge in [0, 0.05) is 10.4 Å². The van der Waals surface area contributed by atoms with Crippen LogP contribution in [0.1, 0.15) is 0 Å². The molecule has 8 nitrogen and oxygen atoms in total. The van der Waals surface area contributed by atoms with Gasteiger partial charge in [0.25, 0.3) is 0 Å².